The van der Waals surface area contributed by atoms with Crippen molar-refractivity contribution in [3.05, 3.63) is 58.1 Å². The van der Waals surface area contributed by atoms with E-state index in [1.807, 2.05) is 0 Å². The van der Waals surface area contributed by atoms with Gasteiger partial charge in [0.05, 0.1) is 5.69 Å². The molecule has 0 unspecified atom stereocenters. The lowest BCUT2D eigenvalue weighted by Crippen LogP contribution is -2.16. The Hall–Kier alpha value is -2.47. The predicted octanol–water partition coefficient (Wildman–Crippen LogP) is 2.53. The maximum absolute atomic E-state index is 13.7. The average Bonchev–Trinajstić information content (AvgIpc) is 2.39. The van der Waals surface area contributed by atoms with Gasteiger partial charge in [-0.15, -0.1) is 0 Å². The Labute approximate surface area is 124 Å². The number of aromatic nitrogens is 1. The van der Waals surface area contributed by atoms with Crippen LogP contribution in [0.5, 0.6) is 0 Å². The van der Waals surface area contributed by atoms with E-state index in [1.165, 1.54) is 24.3 Å². The molecular weight excluding hydrogens is 297 g/mol. The van der Waals surface area contributed by atoms with Gasteiger partial charge in [0.2, 0.25) is 5.91 Å². The summed E-state index contributed by atoms with van der Waals surface area (Å²) in [6.07, 6.45) is 0. The number of halogens is 2. The van der Waals surface area contributed by atoms with Gasteiger partial charge in [-0.3, -0.25) is 9.59 Å². The van der Waals surface area contributed by atoms with Gasteiger partial charge in [0.25, 0.3) is 5.91 Å². The number of amides is 2. The molecule has 0 atom stereocenters. The SMILES string of the molecule is Cc1cc(C(=O)Nc2cc(C(N)=O)ccc2F)cc(Cl)n1. The van der Waals surface area contributed by atoms with Crippen molar-refractivity contribution in [3.8, 4) is 0 Å². The summed E-state index contributed by atoms with van der Waals surface area (Å²) in [6, 6.07) is 6.34. The number of benzene rings is 1. The van der Waals surface area contributed by atoms with Crippen molar-refractivity contribution in [2.75, 3.05) is 5.32 Å². The smallest absolute Gasteiger partial charge is 0.255 e. The largest absolute Gasteiger partial charge is 0.366 e. The summed E-state index contributed by atoms with van der Waals surface area (Å²) < 4.78 is 13.7. The first-order valence-electron chi connectivity index (χ1n) is 5.91. The van der Waals surface area contributed by atoms with E-state index in [0.717, 1.165) is 6.07 Å². The molecule has 108 valence electrons. The first kappa shape index (κ1) is 14.9. The first-order chi connectivity index (χ1) is 9.86. The maximum atomic E-state index is 13.7. The fraction of sp³-hybridized carbons (Fsp3) is 0.0714. The zero-order valence-corrected chi connectivity index (χ0v) is 11.7. The van der Waals surface area contributed by atoms with Crippen molar-refractivity contribution in [1.82, 2.24) is 4.98 Å². The lowest BCUT2D eigenvalue weighted by atomic mass is 10.1. The molecule has 2 aromatic rings. The second kappa shape index (κ2) is 5.88. The molecule has 1 heterocycles. The van der Waals surface area contributed by atoms with Gasteiger partial charge in [-0.2, -0.15) is 0 Å². The van der Waals surface area contributed by atoms with Crippen LogP contribution >= 0.6 is 11.6 Å². The number of rotatable bonds is 3. The number of nitrogens with one attached hydrogen (secondary N) is 1. The van der Waals surface area contributed by atoms with Crippen LogP contribution in [0.3, 0.4) is 0 Å². The van der Waals surface area contributed by atoms with E-state index in [0.29, 0.717) is 5.69 Å². The number of primary amides is 1. The minimum atomic E-state index is -0.715. The molecule has 7 heteroatoms. The Morgan fingerprint density at radius 2 is 1.95 bits per heavy atom. The normalized spacial score (nSPS) is 10.2. The third-order valence-electron chi connectivity index (χ3n) is 2.68. The van der Waals surface area contributed by atoms with Crippen LogP contribution in [0.1, 0.15) is 26.4 Å². The van der Waals surface area contributed by atoms with E-state index in [1.54, 1.807) is 6.92 Å². The molecule has 0 fully saturated rings. The van der Waals surface area contributed by atoms with Gasteiger partial charge in [0, 0.05) is 16.8 Å². The third kappa shape index (κ3) is 3.55. The highest BCUT2D eigenvalue weighted by Gasteiger charge is 2.13. The number of anilines is 1. The maximum Gasteiger partial charge on any atom is 0.255 e. The van der Waals surface area contributed by atoms with Crippen LogP contribution in [0.4, 0.5) is 10.1 Å². The van der Waals surface area contributed by atoms with E-state index in [9.17, 15) is 14.0 Å². The van der Waals surface area contributed by atoms with Gasteiger partial charge in [0.15, 0.2) is 0 Å². The van der Waals surface area contributed by atoms with Crippen LogP contribution < -0.4 is 11.1 Å². The molecule has 3 N–H and O–H groups in total. The molecule has 5 nitrogen and oxygen atoms in total. The molecular formula is C14H11ClFN3O2. The third-order valence-corrected chi connectivity index (χ3v) is 2.88. The number of hydrogen-bond donors (Lipinski definition) is 2. The molecule has 0 spiro atoms. The fourth-order valence-corrected chi connectivity index (χ4v) is 1.98. The number of carbonyl (C=O) groups excluding carboxylic acids is 2. The minimum absolute atomic E-state index is 0.0932. The van der Waals surface area contributed by atoms with Gasteiger partial charge >= 0.3 is 0 Å². The molecule has 0 bridgehead atoms. The van der Waals surface area contributed by atoms with Gasteiger partial charge in [0.1, 0.15) is 11.0 Å². The van der Waals surface area contributed by atoms with Crippen LogP contribution in [-0.2, 0) is 0 Å². The zero-order valence-electron chi connectivity index (χ0n) is 11.0. The zero-order chi connectivity index (χ0) is 15.6. The Balaban J connectivity index is 2.31. The molecule has 0 aliphatic heterocycles. The highest BCUT2D eigenvalue weighted by molar-refractivity contribution is 6.29. The van der Waals surface area contributed by atoms with Gasteiger partial charge in [-0.1, -0.05) is 11.6 Å². The summed E-state index contributed by atoms with van der Waals surface area (Å²) in [5, 5.41) is 2.53. The fourth-order valence-electron chi connectivity index (χ4n) is 1.73. The van der Waals surface area contributed by atoms with Crippen LogP contribution in [0.15, 0.2) is 30.3 Å². The molecule has 1 aromatic heterocycles. The van der Waals surface area contributed by atoms with Crippen LogP contribution in [0.2, 0.25) is 5.15 Å². The molecule has 0 saturated carbocycles. The predicted molar refractivity (Wildman–Crippen MR) is 76.9 cm³/mol. The number of aryl methyl sites for hydroxylation is 1. The van der Waals surface area contributed by atoms with E-state index in [2.05, 4.69) is 10.3 Å². The highest BCUT2D eigenvalue weighted by atomic mass is 35.5. The number of nitrogens with zero attached hydrogens (tertiary/aromatic N) is 1. The summed E-state index contributed by atoms with van der Waals surface area (Å²) >= 11 is 5.77. The van der Waals surface area contributed by atoms with Crippen molar-refractivity contribution in [1.29, 1.82) is 0 Å². The Bertz CT molecular complexity index is 714. The van der Waals surface area contributed by atoms with Crippen molar-refractivity contribution in [2.24, 2.45) is 5.73 Å². The summed E-state index contributed by atoms with van der Waals surface area (Å²) in [4.78, 5) is 27.1. The van der Waals surface area contributed by atoms with Crippen molar-refractivity contribution in [2.45, 2.75) is 6.92 Å². The molecule has 0 aliphatic rings. The van der Waals surface area contributed by atoms with Crippen LogP contribution in [-0.4, -0.2) is 16.8 Å². The molecule has 21 heavy (non-hydrogen) atoms. The molecule has 2 amide bonds. The molecule has 1 aromatic carbocycles. The lowest BCUT2D eigenvalue weighted by Gasteiger charge is -2.08. The Kier molecular flexibility index (Phi) is 4.18. The van der Waals surface area contributed by atoms with E-state index in [-0.39, 0.29) is 22.0 Å². The Morgan fingerprint density at radius 1 is 1.24 bits per heavy atom. The quantitative estimate of drug-likeness (QED) is 0.854. The number of nitrogens with two attached hydrogens (primary N) is 1. The van der Waals surface area contributed by atoms with Crippen molar-refractivity contribution in [3.63, 3.8) is 0 Å². The van der Waals surface area contributed by atoms with Gasteiger partial charge in [-0.25, -0.2) is 9.37 Å². The van der Waals surface area contributed by atoms with E-state index in [4.69, 9.17) is 17.3 Å². The van der Waals surface area contributed by atoms with Crippen LogP contribution in [0, 0.1) is 12.7 Å². The van der Waals surface area contributed by atoms with E-state index >= 15 is 0 Å². The van der Waals surface area contributed by atoms with Crippen LogP contribution in [0.25, 0.3) is 0 Å². The van der Waals surface area contributed by atoms with Gasteiger partial charge in [-0.05, 0) is 37.3 Å². The van der Waals surface area contributed by atoms with Gasteiger partial charge < -0.3 is 11.1 Å². The molecule has 2 rings (SSSR count). The summed E-state index contributed by atoms with van der Waals surface area (Å²) in [7, 11) is 0. The first-order valence-corrected chi connectivity index (χ1v) is 6.29. The second-order valence-electron chi connectivity index (χ2n) is 4.33. The number of pyridine rings is 1. The minimum Gasteiger partial charge on any atom is -0.366 e. The summed E-state index contributed by atoms with van der Waals surface area (Å²) in [6.45, 7) is 1.68. The summed E-state index contributed by atoms with van der Waals surface area (Å²) in [5.41, 5.74) is 5.86. The Morgan fingerprint density at radius 3 is 2.57 bits per heavy atom. The highest BCUT2D eigenvalue weighted by Crippen LogP contribution is 2.18. The topological polar surface area (TPSA) is 85.1 Å². The number of carbonyl (C=O) groups is 2. The van der Waals surface area contributed by atoms with Crippen molar-refractivity contribution < 1.29 is 14.0 Å². The lowest BCUT2D eigenvalue weighted by molar-refractivity contribution is 0.0996. The molecule has 0 aliphatic carbocycles. The standard InChI is InChI=1S/C14H11ClFN3O2/c1-7-4-9(6-12(15)18-7)14(21)19-11-5-8(13(17)20)2-3-10(11)16/h2-6H,1H3,(H2,17,20)(H,19,21). The number of hydrogen-bond acceptors (Lipinski definition) is 3. The second-order valence-corrected chi connectivity index (χ2v) is 4.72. The van der Waals surface area contributed by atoms with Crippen molar-refractivity contribution >= 4 is 29.1 Å². The van der Waals surface area contributed by atoms with E-state index < -0.39 is 17.6 Å². The average molecular weight is 308 g/mol. The molecule has 0 radical (unpaired) electrons. The summed E-state index contributed by atoms with van der Waals surface area (Å²) in [5.74, 6) is -1.96. The monoisotopic (exact) mass is 307 g/mol. The molecule has 0 saturated heterocycles.